The Hall–Kier alpha value is -2.62. The molecule has 0 spiro atoms. The van der Waals surface area contributed by atoms with Crippen LogP contribution in [0.2, 0.25) is 0 Å². The Labute approximate surface area is 107 Å². The first-order valence-corrected chi connectivity index (χ1v) is 5.00. The Morgan fingerprint density at radius 1 is 0.737 bits per heavy atom. The number of hydrogen-bond donors (Lipinski definition) is 3. The Kier molecular flexibility index (Phi) is 8.12. The predicted molar refractivity (Wildman–Crippen MR) is 67.7 cm³/mol. The van der Waals surface area contributed by atoms with Gasteiger partial charge in [-0.05, 0) is 21.1 Å². The van der Waals surface area contributed by atoms with Crippen LogP contribution in [-0.4, -0.2) is 55.9 Å². The van der Waals surface area contributed by atoms with E-state index >= 15 is 0 Å². The molecular formula is C9H15N7O3. The standard InChI is InChI=1S/C3H3N3O3.C3H3N3.C3H9N/c7-1-4-2(8)6-3(9)5-1;1-4-2-6-3-5-1;1-4(2)3/h(H3,4,5,6,7,8,9);1-3H;1-3H3. The number of nitrogens with one attached hydrogen (secondary N) is 3. The van der Waals surface area contributed by atoms with Gasteiger partial charge in [-0.15, -0.1) is 0 Å². The van der Waals surface area contributed by atoms with Crippen LogP contribution in [0.3, 0.4) is 0 Å². The van der Waals surface area contributed by atoms with Crippen molar-refractivity contribution >= 4 is 0 Å². The lowest BCUT2D eigenvalue weighted by Gasteiger charge is -1.90. The molecule has 2 aromatic rings. The van der Waals surface area contributed by atoms with E-state index in [1.807, 2.05) is 26.0 Å². The maximum Gasteiger partial charge on any atom is 0.330 e. The number of aromatic nitrogens is 6. The first-order chi connectivity index (χ1) is 8.91. The molecule has 104 valence electrons. The minimum atomic E-state index is -0.802. The van der Waals surface area contributed by atoms with Crippen LogP contribution in [0.4, 0.5) is 0 Å². The first kappa shape index (κ1) is 16.4. The van der Waals surface area contributed by atoms with Crippen LogP contribution >= 0.6 is 0 Å². The Bertz CT molecular complexity index is 493. The molecule has 19 heavy (non-hydrogen) atoms. The second-order valence-corrected chi connectivity index (χ2v) is 3.50. The average molecular weight is 269 g/mol. The van der Waals surface area contributed by atoms with E-state index in [4.69, 9.17) is 0 Å². The summed E-state index contributed by atoms with van der Waals surface area (Å²) in [6.45, 7) is 0. The SMILES string of the molecule is CN(C)C.O=c1[nH]c(=O)[nH]c(=O)[nH]1.c1ncncn1. The van der Waals surface area contributed by atoms with Gasteiger partial charge in [0.2, 0.25) is 0 Å². The summed E-state index contributed by atoms with van der Waals surface area (Å²) in [5.74, 6) is 0. The van der Waals surface area contributed by atoms with Gasteiger partial charge in [-0.2, -0.15) is 0 Å². The van der Waals surface area contributed by atoms with Crippen LogP contribution in [0, 0.1) is 0 Å². The maximum absolute atomic E-state index is 10.2. The summed E-state index contributed by atoms with van der Waals surface area (Å²) in [6.07, 6.45) is 4.31. The molecule has 3 N–H and O–H groups in total. The quantitative estimate of drug-likeness (QED) is 0.493. The lowest BCUT2D eigenvalue weighted by molar-refractivity contribution is 0.505. The number of nitrogens with zero attached hydrogens (tertiary/aromatic N) is 4. The number of H-pyrrole nitrogens is 3. The molecule has 2 heterocycles. The summed E-state index contributed by atoms with van der Waals surface area (Å²) in [6, 6.07) is 0. The Morgan fingerprint density at radius 2 is 0.947 bits per heavy atom. The number of rotatable bonds is 0. The molecule has 0 fully saturated rings. The van der Waals surface area contributed by atoms with Gasteiger partial charge in [0.1, 0.15) is 19.0 Å². The van der Waals surface area contributed by atoms with Crippen molar-refractivity contribution in [1.29, 1.82) is 0 Å². The van der Waals surface area contributed by atoms with Crippen molar-refractivity contribution in [3.8, 4) is 0 Å². The second kappa shape index (κ2) is 9.41. The van der Waals surface area contributed by atoms with E-state index in [1.165, 1.54) is 19.0 Å². The highest BCUT2D eigenvalue weighted by Gasteiger charge is 1.85. The molecular weight excluding hydrogens is 254 g/mol. The normalized spacial score (nSPS) is 8.84. The number of aromatic amines is 3. The van der Waals surface area contributed by atoms with Gasteiger partial charge in [0.25, 0.3) is 0 Å². The van der Waals surface area contributed by atoms with Gasteiger partial charge in [0.05, 0.1) is 0 Å². The highest BCUT2D eigenvalue weighted by Crippen LogP contribution is 1.57. The van der Waals surface area contributed by atoms with E-state index in [1.54, 1.807) is 15.0 Å². The monoisotopic (exact) mass is 269 g/mol. The molecule has 0 aliphatic carbocycles. The molecule has 0 saturated carbocycles. The van der Waals surface area contributed by atoms with Crippen molar-refractivity contribution in [1.82, 2.24) is 34.8 Å². The minimum absolute atomic E-state index is 0.802. The molecule has 0 radical (unpaired) electrons. The third kappa shape index (κ3) is 11.6. The lowest BCUT2D eigenvalue weighted by Crippen LogP contribution is -2.34. The predicted octanol–water partition coefficient (Wildman–Crippen LogP) is -2.20. The summed E-state index contributed by atoms with van der Waals surface area (Å²) in [7, 11) is 6.00. The summed E-state index contributed by atoms with van der Waals surface area (Å²) >= 11 is 0. The summed E-state index contributed by atoms with van der Waals surface area (Å²) in [4.78, 5) is 48.6. The van der Waals surface area contributed by atoms with Crippen molar-refractivity contribution in [2.24, 2.45) is 0 Å². The van der Waals surface area contributed by atoms with E-state index in [9.17, 15) is 14.4 Å². The van der Waals surface area contributed by atoms with E-state index in [2.05, 4.69) is 15.0 Å². The Balaban J connectivity index is 0.000000281. The zero-order valence-corrected chi connectivity index (χ0v) is 10.7. The summed E-state index contributed by atoms with van der Waals surface area (Å²) in [5, 5.41) is 0. The fourth-order valence-corrected chi connectivity index (χ4v) is 0.608. The van der Waals surface area contributed by atoms with Crippen molar-refractivity contribution in [3.63, 3.8) is 0 Å². The molecule has 0 atom stereocenters. The fourth-order valence-electron chi connectivity index (χ4n) is 0.608. The fraction of sp³-hybridized carbons (Fsp3) is 0.333. The van der Waals surface area contributed by atoms with Crippen molar-refractivity contribution in [2.45, 2.75) is 0 Å². The maximum atomic E-state index is 10.2. The van der Waals surface area contributed by atoms with Gasteiger partial charge < -0.3 is 4.90 Å². The second-order valence-electron chi connectivity index (χ2n) is 3.50. The highest BCUT2D eigenvalue weighted by molar-refractivity contribution is 4.60. The van der Waals surface area contributed by atoms with E-state index in [0.717, 1.165) is 0 Å². The highest BCUT2D eigenvalue weighted by atomic mass is 16.2. The van der Waals surface area contributed by atoms with E-state index in [-0.39, 0.29) is 0 Å². The molecule has 0 aliphatic rings. The molecule has 0 amide bonds. The zero-order chi connectivity index (χ0) is 14.7. The van der Waals surface area contributed by atoms with E-state index in [0.29, 0.717) is 0 Å². The van der Waals surface area contributed by atoms with Crippen molar-refractivity contribution in [3.05, 3.63) is 50.4 Å². The summed E-state index contributed by atoms with van der Waals surface area (Å²) < 4.78 is 0. The van der Waals surface area contributed by atoms with Gasteiger partial charge in [-0.1, -0.05) is 0 Å². The molecule has 0 aromatic carbocycles. The average Bonchev–Trinajstić information content (AvgIpc) is 2.29. The van der Waals surface area contributed by atoms with Crippen molar-refractivity contribution in [2.75, 3.05) is 21.1 Å². The van der Waals surface area contributed by atoms with Crippen LogP contribution < -0.4 is 17.1 Å². The topological polar surface area (TPSA) is 140 Å². The Morgan fingerprint density at radius 3 is 1.11 bits per heavy atom. The molecule has 0 unspecified atom stereocenters. The molecule has 10 heteroatoms. The molecule has 0 aliphatic heterocycles. The number of hydrogen-bond acceptors (Lipinski definition) is 7. The molecule has 0 bridgehead atoms. The van der Waals surface area contributed by atoms with Crippen LogP contribution in [0.1, 0.15) is 0 Å². The molecule has 2 aromatic heterocycles. The van der Waals surface area contributed by atoms with Gasteiger partial charge >= 0.3 is 17.1 Å². The van der Waals surface area contributed by atoms with Gasteiger partial charge in [-0.25, -0.2) is 29.3 Å². The van der Waals surface area contributed by atoms with Crippen LogP contribution in [0.15, 0.2) is 33.4 Å². The van der Waals surface area contributed by atoms with Crippen LogP contribution in [0.25, 0.3) is 0 Å². The third-order valence-electron chi connectivity index (χ3n) is 1.08. The first-order valence-electron chi connectivity index (χ1n) is 5.00. The van der Waals surface area contributed by atoms with Gasteiger partial charge in [-0.3, -0.25) is 15.0 Å². The molecule has 10 nitrogen and oxygen atoms in total. The zero-order valence-electron chi connectivity index (χ0n) is 10.7. The lowest BCUT2D eigenvalue weighted by atomic mass is 11.0. The molecule has 0 saturated heterocycles. The third-order valence-corrected chi connectivity index (χ3v) is 1.08. The molecule has 2 rings (SSSR count). The smallest absolute Gasteiger partial charge is 0.312 e. The van der Waals surface area contributed by atoms with Crippen LogP contribution in [0.5, 0.6) is 0 Å². The van der Waals surface area contributed by atoms with Crippen molar-refractivity contribution < 1.29 is 0 Å². The van der Waals surface area contributed by atoms with Crippen LogP contribution in [-0.2, 0) is 0 Å². The summed E-state index contributed by atoms with van der Waals surface area (Å²) in [5.41, 5.74) is -2.41. The van der Waals surface area contributed by atoms with E-state index < -0.39 is 17.1 Å². The van der Waals surface area contributed by atoms with Gasteiger partial charge in [0.15, 0.2) is 0 Å². The minimum Gasteiger partial charge on any atom is -0.312 e. The van der Waals surface area contributed by atoms with Gasteiger partial charge in [0, 0.05) is 0 Å². The largest absolute Gasteiger partial charge is 0.330 e.